The third-order valence-corrected chi connectivity index (χ3v) is 2.98. The Morgan fingerprint density at radius 2 is 2.00 bits per heavy atom. The van der Waals surface area contributed by atoms with Crippen LogP contribution in [0.1, 0.15) is 5.69 Å². The molecule has 0 aliphatic carbocycles. The molecule has 0 atom stereocenters. The van der Waals surface area contributed by atoms with Crippen molar-refractivity contribution in [2.75, 3.05) is 6.54 Å². The van der Waals surface area contributed by atoms with Crippen LogP contribution in [0.5, 0.6) is 0 Å². The predicted octanol–water partition coefficient (Wildman–Crippen LogP) is 3.22. The molecule has 0 spiro atoms. The van der Waals surface area contributed by atoms with Gasteiger partial charge in [0.25, 0.3) is 0 Å². The molecule has 2 aromatic rings. The molecule has 2 rings (SSSR count). The van der Waals surface area contributed by atoms with E-state index in [0.29, 0.717) is 16.6 Å². The molecule has 2 N–H and O–H groups in total. The van der Waals surface area contributed by atoms with E-state index in [2.05, 4.69) is 10.6 Å². The van der Waals surface area contributed by atoms with E-state index in [-0.39, 0.29) is 0 Å². The fraction of sp³-hybridized carbons (Fsp3) is 0.273. The number of nitrogens with two attached hydrogens (primary N) is 1. The van der Waals surface area contributed by atoms with Gasteiger partial charge in [0.15, 0.2) is 0 Å². The van der Waals surface area contributed by atoms with Crippen LogP contribution in [-0.2, 0) is 6.54 Å². The van der Waals surface area contributed by atoms with E-state index < -0.39 is 0 Å². The molecule has 0 saturated heterocycles. The fourth-order valence-corrected chi connectivity index (χ4v) is 2.49. The lowest BCUT2D eigenvalue weighted by Gasteiger charge is -2.07. The van der Waals surface area contributed by atoms with Crippen molar-refractivity contribution >= 4 is 34.1 Å². The molecule has 0 aliphatic heterocycles. The molecule has 0 amide bonds. The zero-order valence-electron chi connectivity index (χ0n) is 8.43. The van der Waals surface area contributed by atoms with Gasteiger partial charge in [0.1, 0.15) is 0 Å². The van der Waals surface area contributed by atoms with Gasteiger partial charge in [-0.3, -0.25) is 0 Å². The van der Waals surface area contributed by atoms with Crippen LogP contribution in [0.4, 0.5) is 0 Å². The van der Waals surface area contributed by atoms with Gasteiger partial charge in [-0.1, -0.05) is 23.2 Å². The van der Waals surface area contributed by atoms with Gasteiger partial charge in [-0.2, -0.15) is 0 Å². The molecule has 0 saturated carbocycles. The van der Waals surface area contributed by atoms with Crippen molar-refractivity contribution < 1.29 is 0 Å². The van der Waals surface area contributed by atoms with Crippen molar-refractivity contribution in [2.24, 2.45) is 5.73 Å². The molecule has 1 aromatic carbocycles. The average molecular weight is 243 g/mol. The van der Waals surface area contributed by atoms with E-state index in [1.807, 2.05) is 13.0 Å². The second-order valence-electron chi connectivity index (χ2n) is 3.55. The second-order valence-corrected chi connectivity index (χ2v) is 4.40. The Labute approximate surface area is 98.6 Å². The highest BCUT2D eigenvalue weighted by atomic mass is 35.5. The van der Waals surface area contributed by atoms with Gasteiger partial charge in [-0.25, -0.2) is 0 Å². The largest absolute Gasteiger partial charge is 0.342 e. The number of halogens is 2. The summed E-state index contributed by atoms with van der Waals surface area (Å²) < 4.78 is 2.12. The summed E-state index contributed by atoms with van der Waals surface area (Å²) in [6, 6.07) is 5.75. The molecule has 0 fully saturated rings. The van der Waals surface area contributed by atoms with Crippen LogP contribution in [0.25, 0.3) is 10.9 Å². The maximum atomic E-state index is 6.17. The number of nitrogens with zero attached hydrogens (tertiary/aromatic N) is 1. The van der Waals surface area contributed by atoms with Gasteiger partial charge >= 0.3 is 0 Å². The SMILES string of the molecule is Cc1cc2cc(Cl)cc(Cl)c2n1CCN. The normalized spacial score (nSPS) is 11.2. The molecule has 1 aromatic heterocycles. The zero-order chi connectivity index (χ0) is 11.0. The summed E-state index contributed by atoms with van der Waals surface area (Å²) in [5.41, 5.74) is 7.74. The monoisotopic (exact) mass is 242 g/mol. The molecular weight excluding hydrogens is 231 g/mol. The van der Waals surface area contributed by atoms with E-state index >= 15 is 0 Å². The Bertz CT molecular complexity index is 503. The van der Waals surface area contributed by atoms with Crippen LogP contribution in [0.2, 0.25) is 10.0 Å². The summed E-state index contributed by atoms with van der Waals surface area (Å²) in [5, 5.41) is 2.41. The van der Waals surface area contributed by atoms with Gasteiger partial charge in [0.2, 0.25) is 0 Å². The fourth-order valence-electron chi connectivity index (χ4n) is 1.88. The van der Waals surface area contributed by atoms with Crippen molar-refractivity contribution in [1.82, 2.24) is 4.57 Å². The van der Waals surface area contributed by atoms with Gasteiger partial charge in [0, 0.05) is 29.2 Å². The van der Waals surface area contributed by atoms with Gasteiger partial charge in [-0.05, 0) is 25.1 Å². The highest BCUT2D eigenvalue weighted by Gasteiger charge is 2.09. The third-order valence-electron chi connectivity index (χ3n) is 2.47. The third kappa shape index (κ3) is 1.85. The minimum absolute atomic E-state index is 0.601. The van der Waals surface area contributed by atoms with Crippen molar-refractivity contribution in [3.8, 4) is 0 Å². The van der Waals surface area contributed by atoms with E-state index in [9.17, 15) is 0 Å². The van der Waals surface area contributed by atoms with Crippen LogP contribution in [0.15, 0.2) is 18.2 Å². The first-order valence-electron chi connectivity index (χ1n) is 4.78. The lowest BCUT2D eigenvalue weighted by Crippen LogP contribution is -2.10. The Kier molecular flexibility index (Phi) is 2.91. The summed E-state index contributed by atoms with van der Waals surface area (Å²) in [6.45, 7) is 3.42. The number of aromatic nitrogens is 1. The van der Waals surface area contributed by atoms with E-state index in [0.717, 1.165) is 23.1 Å². The Morgan fingerprint density at radius 3 is 2.67 bits per heavy atom. The van der Waals surface area contributed by atoms with Crippen LogP contribution < -0.4 is 5.73 Å². The van der Waals surface area contributed by atoms with Gasteiger partial charge in [0.05, 0.1) is 10.5 Å². The lowest BCUT2D eigenvalue weighted by atomic mass is 10.2. The summed E-state index contributed by atoms with van der Waals surface area (Å²) in [6.07, 6.45) is 0. The highest BCUT2D eigenvalue weighted by Crippen LogP contribution is 2.30. The molecule has 80 valence electrons. The standard InChI is InChI=1S/C11H12Cl2N2/c1-7-4-8-5-9(12)6-10(13)11(8)15(7)3-2-14/h4-6H,2-3,14H2,1H3. The molecule has 0 radical (unpaired) electrons. The first-order valence-corrected chi connectivity index (χ1v) is 5.54. The molecule has 0 aliphatic rings. The van der Waals surface area contributed by atoms with Crippen LogP contribution in [0.3, 0.4) is 0 Å². The number of aryl methyl sites for hydroxylation is 1. The van der Waals surface area contributed by atoms with Crippen LogP contribution in [0, 0.1) is 6.92 Å². The number of benzene rings is 1. The van der Waals surface area contributed by atoms with E-state index in [1.54, 1.807) is 6.07 Å². The molecule has 2 nitrogen and oxygen atoms in total. The first-order chi connectivity index (χ1) is 7.13. The minimum Gasteiger partial charge on any atom is -0.342 e. The van der Waals surface area contributed by atoms with Gasteiger partial charge < -0.3 is 10.3 Å². The molecule has 0 unspecified atom stereocenters. The average Bonchev–Trinajstić information content (AvgIpc) is 2.43. The molecule has 15 heavy (non-hydrogen) atoms. The molecule has 4 heteroatoms. The van der Waals surface area contributed by atoms with Gasteiger partial charge in [-0.15, -0.1) is 0 Å². The Morgan fingerprint density at radius 1 is 1.27 bits per heavy atom. The molecular formula is C11H12Cl2N2. The Hall–Kier alpha value is -0.700. The smallest absolute Gasteiger partial charge is 0.0673 e. The maximum Gasteiger partial charge on any atom is 0.0673 e. The Balaban J connectivity index is 2.75. The number of hydrogen-bond donors (Lipinski definition) is 1. The van der Waals surface area contributed by atoms with Crippen LogP contribution >= 0.6 is 23.2 Å². The van der Waals surface area contributed by atoms with Crippen molar-refractivity contribution in [1.29, 1.82) is 0 Å². The minimum atomic E-state index is 0.601. The van der Waals surface area contributed by atoms with Crippen molar-refractivity contribution in [3.05, 3.63) is 33.9 Å². The maximum absolute atomic E-state index is 6.17. The number of fused-ring (bicyclic) bond motifs is 1. The van der Waals surface area contributed by atoms with E-state index in [1.165, 1.54) is 0 Å². The lowest BCUT2D eigenvalue weighted by molar-refractivity contribution is 0.715. The quantitative estimate of drug-likeness (QED) is 0.862. The zero-order valence-corrected chi connectivity index (χ0v) is 9.94. The molecule has 0 bridgehead atoms. The predicted molar refractivity (Wildman–Crippen MR) is 65.7 cm³/mol. The number of hydrogen-bond acceptors (Lipinski definition) is 1. The highest BCUT2D eigenvalue weighted by molar-refractivity contribution is 6.38. The summed E-state index contributed by atoms with van der Waals surface area (Å²) in [4.78, 5) is 0. The molecule has 1 heterocycles. The summed E-state index contributed by atoms with van der Waals surface area (Å²) in [5.74, 6) is 0. The topological polar surface area (TPSA) is 30.9 Å². The van der Waals surface area contributed by atoms with Crippen LogP contribution in [-0.4, -0.2) is 11.1 Å². The summed E-state index contributed by atoms with van der Waals surface area (Å²) >= 11 is 12.1. The number of rotatable bonds is 2. The second kappa shape index (κ2) is 4.05. The van der Waals surface area contributed by atoms with E-state index in [4.69, 9.17) is 28.9 Å². The van der Waals surface area contributed by atoms with Crippen molar-refractivity contribution in [3.63, 3.8) is 0 Å². The first kappa shape index (κ1) is 10.8. The van der Waals surface area contributed by atoms with Crippen molar-refractivity contribution in [2.45, 2.75) is 13.5 Å². The summed E-state index contributed by atoms with van der Waals surface area (Å²) in [7, 11) is 0.